The molecule has 2 aromatic rings. The summed E-state index contributed by atoms with van der Waals surface area (Å²) in [4.78, 5) is 31.0. The van der Waals surface area contributed by atoms with E-state index in [1.165, 1.54) is 22.3 Å². The lowest BCUT2D eigenvalue weighted by molar-refractivity contribution is -0.143. The fourth-order valence-electron chi connectivity index (χ4n) is 4.47. The number of carbonyl (C=O) groups is 2. The van der Waals surface area contributed by atoms with Crippen LogP contribution in [0, 0.1) is 0 Å². The molecular weight excluding hydrogens is 532 g/mol. The van der Waals surface area contributed by atoms with Gasteiger partial charge in [0.05, 0.1) is 17.5 Å². The first kappa shape index (κ1) is 26.5. The van der Waals surface area contributed by atoms with E-state index in [4.69, 9.17) is 16.7 Å². The average molecular weight is 561 g/mol. The van der Waals surface area contributed by atoms with E-state index in [1.54, 1.807) is 17.0 Å². The van der Waals surface area contributed by atoms with Gasteiger partial charge in [-0.3, -0.25) is 9.59 Å². The van der Waals surface area contributed by atoms with Crippen LogP contribution in [-0.4, -0.2) is 86.6 Å². The van der Waals surface area contributed by atoms with Crippen molar-refractivity contribution in [3.05, 3.63) is 28.6 Å². The Hall–Kier alpha value is -1.54. The van der Waals surface area contributed by atoms with Gasteiger partial charge >= 0.3 is 0 Å². The lowest BCUT2D eigenvalue weighted by atomic mass is 10.1. The molecule has 2 amide bonds. The molecule has 3 N–H and O–H groups in total. The number of nitrogens with one attached hydrogen (secondary N) is 2. The Balaban J connectivity index is 1.37. The van der Waals surface area contributed by atoms with Crippen LogP contribution in [0.2, 0.25) is 4.34 Å². The molecule has 0 unspecified atom stereocenters. The molecule has 13 heteroatoms. The molecule has 2 aliphatic heterocycles. The molecule has 9 nitrogen and oxygen atoms in total. The summed E-state index contributed by atoms with van der Waals surface area (Å²) in [6.45, 7) is 2.11. The molecule has 4 heterocycles. The summed E-state index contributed by atoms with van der Waals surface area (Å²) in [5.74, 6) is -0.503. The zero-order valence-corrected chi connectivity index (χ0v) is 22.3. The number of nitrogens with zero attached hydrogens (tertiary/aromatic N) is 2. The number of amides is 2. The van der Waals surface area contributed by atoms with E-state index in [1.807, 2.05) is 6.07 Å². The van der Waals surface area contributed by atoms with Crippen LogP contribution in [0.5, 0.6) is 0 Å². The number of rotatable bonds is 10. The van der Waals surface area contributed by atoms with Crippen LogP contribution in [0.3, 0.4) is 0 Å². The average Bonchev–Trinajstić information content (AvgIpc) is 3.57. The maximum absolute atomic E-state index is 13.1. The number of halogens is 1. The number of thiophene rings is 2. The zero-order chi connectivity index (χ0) is 25.0. The second kappa shape index (κ2) is 11.7. The quantitative estimate of drug-likeness (QED) is 0.382. The number of aliphatic hydroxyl groups is 1. The fourth-order valence-corrected chi connectivity index (χ4v) is 8.15. The normalized spacial score (nSPS) is 21.1. The molecule has 0 bridgehead atoms. The predicted molar refractivity (Wildman–Crippen MR) is 137 cm³/mol. The highest BCUT2D eigenvalue weighted by Gasteiger charge is 2.36. The van der Waals surface area contributed by atoms with E-state index >= 15 is 0 Å². The van der Waals surface area contributed by atoms with Crippen molar-refractivity contribution in [3.63, 3.8) is 0 Å². The largest absolute Gasteiger partial charge is 0.395 e. The minimum Gasteiger partial charge on any atom is -0.395 e. The van der Waals surface area contributed by atoms with Crippen LogP contribution in [-0.2, 0) is 19.6 Å². The highest BCUT2D eigenvalue weighted by Crippen LogP contribution is 2.36. The Morgan fingerprint density at radius 2 is 1.86 bits per heavy atom. The number of sulfonamides is 1. The molecule has 2 fully saturated rings. The van der Waals surface area contributed by atoms with Crippen molar-refractivity contribution in [2.24, 2.45) is 0 Å². The van der Waals surface area contributed by atoms with Crippen molar-refractivity contribution in [2.75, 3.05) is 39.3 Å². The number of hydrogen-bond donors (Lipinski definition) is 3. The molecule has 2 atom stereocenters. The molecular formula is C22H29ClN4O5S3. The van der Waals surface area contributed by atoms with Gasteiger partial charge < -0.3 is 20.2 Å². The first-order valence-electron chi connectivity index (χ1n) is 11.6. The van der Waals surface area contributed by atoms with E-state index in [0.717, 1.165) is 33.9 Å². The molecule has 2 aromatic heterocycles. The first-order chi connectivity index (χ1) is 16.8. The summed E-state index contributed by atoms with van der Waals surface area (Å²) in [6, 6.07) is 6.01. The molecule has 2 aliphatic rings. The number of piperidine rings is 1. The van der Waals surface area contributed by atoms with Crippen LogP contribution in [0.25, 0.3) is 9.75 Å². The predicted octanol–water partition coefficient (Wildman–Crippen LogP) is 1.97. The maximum Gasteiger partial charge on any atom is 0.250 e. The van der Waals surface area contributed by atoms with Crippen LogP contribution in [0.4, 0.5) is 0 Å². The second-order valence-electron chi connectivity index (χ2n) is 8.61. The second-order valence-corrected chi connectivity index (χ2v) is 13.3. The standard InChI is InChI=1S/C22H29ClN4O5S3/c23-19-7-5-17(33-19)18-6-8-21(34-18)35(31,32)25-16-4-2-10-26(22(16)30)14-20(29)27-11-1-3-15(27)13-24-9-12-28/h5-8,15-16,24-25,28H,1-4,9-14H2/t15-,16-/m0/s1. The Labute approximate surface area is 218 Å². The third-order valence-corrected chi connectivity index (χ3v) is 10.7. The van der Waals surface area contributed by atoms with Crippen LogP contribution < -0.4 is 10.0 Å². The Bertz CT molecular complexity index is 1150. The van der Waals surface area contributed by atoms with Gasteiger partial charge in [0.1, 0.15) is 10.3 Å². The SMILES string of the molecule is O=C1[C@@H](NS(=O)(=O)c2ccc(-c3ccc(Cl)s3)s2)CCCN1CC(=O)N1CCC[C@H]1CNCCO. The molecule has 192 valence electrons. The minimum absolute atomic E-state index is 0.0366. The number of carbonyl (C=O) groups excluding carboxylic acids is 2. The summed E-state index contributed by atoms with van der Waals surface area (Å²) in [7, 11) is -3.89. The molecule has 0 saturated carbocycles. The van der Waals surface area contributed by atoms with Gasteiger partial charge in [-0.05, 0) is 49.9 Å². The Morgan fingerprint density at radius 1 is 1.11 bits per heavy atom. The molecule has 0 aliphatic carbocycles. The van der Waals surface area contributed by atoms with E-state index in [9.17, 15) is 18.0 Å². The van der Waals surface area contributed by atoms with Gasteiger partial charge in [-0.2, -0.15) is 4.72 Å². The molecule has 2 saturated heterocycles. The smallest absolute Gasteiger partial charge is 0.250 e. The van der Waals surface area contributed by atoms with Gasteiger partial charge in [-0.1, -0.05) is 11.6 Å². The van der Waals surface area contributed by atoms with Gasteiger partial charge in [-0.25, -0.2) is 8.42 Å². The van der Waals surface area contributed by atoms with Gasteiger partial charge in [0.2, 0.25) is 11.8 Å². The first-order valence-corrected chi connectivity index (χ1v) is 15.1. The van der Waals surface area contributed by atoms with Gasteiger partial charge in [0.15, 0.2) is 0 Å². The molecule has 0 radical (unpaired) electrons. The summed E-state index contributed by atoms with van der Waals surface area (Å²) < 4.78 is 29.3. The van der Waals surface area contributed by atoms with Crippen molar-refractivity contribution in [3.8, 4) is 9.75 Å². The highest BCUT2D eigenvalue weighted by molar-refractivity contribution is 7.91. The number of likely N-dealkylation sites (tertiary alicyclic amines) is 2. The van der Waals surface area contributed by atoms with Crippen molar-refractivity contribution < 1.29 is 23.1 Å². The van der Waals surface area contributed by atoms with Crippen molar-refractivity contribution in [2.45, 2.75) is 42.0 Å². The summed E-state index contributed by atoms with van der Waals surface area (Å²) in [5, 5.41) is 12.1. The minimum atomic E-state index is -3.89. The topological polar surface area (TPSA) is 119 Å². The zero-order valence-electron chi connectivity index (χ0n) is 19.1. The monoisotopic (exact) mass is 560 g/mol. The van der Waals surface area contributed by atoms with Crippen LogP contribution in [0.1, 0.15) is 25.7 Å². The Kier molecular flexibility index (Phi) is 8.85. The van der Waals surface area contributed by atoms with Gasteiger partial charge in [0, 0.05) is 42.0 Å². The lowest BCUT2D eigenvalue weighted by Crippen LogP contribution is -2.55. The molecule has 0 aromatic carbocycles. The Morgan fingerprint density at radius 3 is 2.60 bits per heavy atom. The number of hydrogen-bond acceptors (Lipinski definition) is 8. The van der Waals surface area contributed by atoms with Crippen molar-refractivity contribution in [1.29, 1.82) is 0 Å². The molecule has 4 rings (SSSR count). The third kappa shape index (κ3) is 6.43. The highest BCUT2D eigenvalue weighted by atomic mass is 35.5. The summed E-state index contributed by atoms with van der Waals surface area (Å²) in [6.07, 6.45) is 2.77. The van der Waals surface area contributed by atoms with Gasteiger partial charge in [0.25, 0.3) is 10.0 Å². The maximum atomic E-state index is 13.1. The van der Waals surface area contributed by atoms with E-state index in [0.29, 0.717) is 43.4 Å². The van der Waals surface area contributed by atoms with Crippen LogP contribution >= 0.6 is 34.3 Å². The van der Waals surface area contributed by atoms with Gasteiger partial charge in [-0.15, -0.1) is 22.7 Å². The fraction of sp³-hybridized carbons (Fsp3) is 0.545. The summed E-state index contributed by atoms with van der Waals surface area (Å²) >= 11 is 8.49. The van der Waals surface area contributed by atoms with Crippen molar-refractivity contribution >= 4 is 56.1 Å². The third-order valence-electron chi connectivity index (χ3n) is 6.18. The van der Waals surface area contributed by atoms with Crippen molar-refractivity contribution in [1.82, 2.24) is 19.8 Å². The van der Waals surface area contributed by atoms with E-state index in [2.05, 4.69) is 10.0 Å². The van der Waals surface area contributed by atoms with Crippen LogP contribution in [0.15, 0.2) is 28.5 Å². The van der Waals surface area contributed by atoms with E-state index < -0.39 is 16.1 Å². The lowest BCUT2D eigenvalue weighted by Gasteiger charge is -2.34. The summed E-state index contributed by atoms with van der Waals surface area (Å²) in [5.41, 5.74) is 0. The number of aliphatic hydroxyl groups excluding tert-OH is 1. The molecule has 0 spiro atoms. The molecule has 35 heavy (non-hydrogen) atoms. The van der Waals surface area contributed by atoms with E-state index in [-0.39, 0.29) is 35.2 Å².